The van der Waals surface area contributed by atoms with E-state index < -0.39 is 0 Å². The van der Waals surface area contributed by atoms with E-state index in [0.29, 0.717) is 22.4 Å². The van der Waals surface area contributed by atoms with Gasteiger partial charge < -0.3 is 15.6 Å². The van der Waals surface area contributed by atoms with Crippen LogP contribution in [0.5, 0.6) is 0 Å². The fourth-order valence-corrected chi connectivity index (χ4v) is 3.67. The fraction of sp³-hybridized carbons (Fsp3) is 0.200. The Bertz CT molecular complexity index is 1180. The summed E-state index contributed by atoms with van der Waals surface area (Å²) in [4.78, 5) is 12.5. The molecule has 1 aromatic carbocycles. The lowest BCUT2D eigenvalue weighted by molar-refractivity contribution is -0.113. The Hall–Kier alpha value is -3.53. The third kappa shape index (κ3) is 3.81. The predicted molar refractivity (Wildman–Crippen MR) is 115 cm³/mol. The van der Waals surface area contributed by atoms with E-state index in [4.69, 9.17) is 10.3 Å². The number of benzene rings is 1. The molecule has 4 aromatic rings. The molecule has 0 bridgehead atoms. The number of rotatable bonds is 6. The van der Waals surface area contributed by atoms with Crippen LogP contribution in [0.1, 0.15) is 17.0 Å². The van der Waals surface area contributed by atoms with Crippen LogP contribution in [-0.4, -0.2) is 36.3 Å². The number of anilines is 1. The van der Waals surface area contributed by atoms with E-state index >= 15 is 0 Å². The molecule has 154 valence electrons. The summed E-state index contributed by atoms with van der Waals surface area (Å²) in [5.74, 6) is 6.88. The molecule has 0 radical (unpaired) electrons. The van der Waals surface area contributed by atoms with Crippen molar-refractivity contribution in [3.05, 3.63) is 59.6 Å². The Morgan fingerprint density at radius 1 is 1.17 bits per heavy atom. The predicted octanol–water partition coefficient (Wildman–Crippen LogP) is 3.09. The van der Waals surface area contributed by atoms with Crippen LogP contribution in [0.2, 0.25) is 0 Å². The zero-order valence-corrected chi connectivity index (χ0v) is 17.6. The van der Waals surface area contributed by atoms with Gasteiger partial charge in [0, 0.05) is 0 Å². The van der Waals surface area contributed by atoms with Crippen LogP contribution in [0.15, 0.2) is 52.2 Å². The first kappa shape index (κ1) is 19.8. The summed E-state index contributed by atoms with van der Waals surface area (Å²) >= 11 is 1.19. The molecular formula is C20H21N7O2S. The molecule has 4 rings (SSSR count). The third-order valence-corrected chi connectivity index (χ3v) is 5.52. The van der Waals surface area contributed by atoms with Crippen molar-refractivity contribution >= 4 is 23.4 Å². The topological polar surface area (TPSA) is 117 Å². The van der Waals surface area contributed by atoms with Gasteiger partial charge in [-0.2, -0.15) is 5.10 Å². The summed E-state index contributed by atoms with van der Waals surface area (Å²) in [5.41, 5.74) is 4.42. The van der Waals surface area contributed by atoms with E-state index in [1.165, 1.54) is 28.3 Å². The summed E-state index contributed by atoms with van der Waals surface area (Å²) in [6.07, 6.45) is 1.53. The van der Waals surface area contributed by atoms with Crippen LogP contribution in [0.3, 0.4) is 0 Å². The number of furan rings is 1. The molecule has 0 fully saturated rings. The van der Waals surface area contributed by atoms with Gasteiger partial charge in [0.15, 0.2) is 5.76 Å². The maximum atomic E-state index is 12.5. The second-order valence-corrected chi connectivity index (χ2v) is 7.73. The van der Waals surface area contributed by atoms with Gasteiger partial charge in [-0.1, -0.05) is 29.5 Å². The average Bonchev–Trinajstić information content (AvgIpc) is 3.44. The van der Waals surface area contributed by atoms with Crippen molar-refractivity contribution in [3.8, 4) is 17.3 Å². The molecule has 10 heteroatoms. The molecule has 0 unspecified atom stereocenters. The quantitative estimate of drug-likeness (QED) is 0.361. The van der Waals surface area contributed by atoms with Crippen LogP contribution >= 0.6 is 11.8 Å². The first-order valence-corrected chi connectivity index (χ1v) is 10.2. The number of hydrogen-bond donors (Lipinski definition) is 2. The van der Waals surface area contributed by atoms with Crippen molar-refractivity contribution in [1.29, 1.82) is 0 Å². The lowest BCUT2D eigenvalue weighted by Crippen LogP contribution is -2.17. The number of aromatic nitrogens is 5. The number of thioether (sulfide) groups is 1. The average molecular weight is 424 g/mol. The first-order chi connectivity index (χ1) is 14.4. The maximum absolute atomic E-state index is 12.5. The molecule has 3 N–H and O–H groups in total. The number of nitrogens with two attached hydrogens (primary N) is 1. The van der Waals surface area contributed by atoms with Gasteiger partial charge in [-0.05, 0) is 45.0 Å². The van der Waals surface area contributed by atoms with Crippen molar-refractivity contribution < 1.29 is 9.21 Å². The zero-order valence-electron chi connectivity index (χ0n) is 16.8. The van der Waals surface area contributed by atoms with E-state index in [1.54, 1.807) is 12.1 Å². The minimum atomic E-state index is -0.183. The van der Waals surface area contributed by atoms with Crippen LogP contribution in [0, 0.1) is 20.8 Å². The van der Waals surface area contributed by atoms with Crippen molar-refractivity contribution in [2.24, 2.45) is 0 Å². The van der Waals surface area contributed by atoms with E-state index in [-0.39, 0.29) is 11.7 Å². The van der Waals surface area contributed by atoms with Gasteiger partial charge in [-0.3, -0.25) is 4.79 Å². The molecule has 0 atom stereocenters. The lowest BCUT2D eigenvalue weighted by Gasteiger charge is -2.07. The molecule has 30 heavy (non-hydrogen) atoms. The monoisotopic (exact) mass is 423 g/mol. The molecule has 3 aromatic heterocycles. The van der Waals surface area contributed by atoms with Gasteiger partial charge >= 0.3 is 0 Å². The van der Waals surface area contributed by atoms with Gasteiger partial charge in [-0.25, -0.2) is 9.36 Å². The number of aryl methyl sites for hydroxylation is 2. The van der Waals surface area contributed by atoms with Crippen LogP contribution in [-0.2, 0) is 4.79 Å². The number of nitrogen functional groups attached to an aromatic ring is 1. The largest absolute Gasteiger partial charge is 0.461 e. The van der Waals surface area contributed by atoms with Crippen molar-refractivity contribution in [3.63, 3.8) is 0 Å². The van der Waals surface area contributed by atoms with E-state index in [1.807, 2.05) is 49.7 Å². The van der Waals surface area contributed by atoms with E-state index in [2.05, 4.69) is 20.6 Å². The Morgan fingerprint density at radius 2 is 1.93 bits per heavy atom. The highest BCUT2D eigenvalue weighted by molar-refractivity contribution is 7.99. The summed E-state index contributed by atoms with van der Waals surface area (Å²) in [6.45, 7) is 5.83. The molecule has 9 nitrogen and oxygen atoms in total. The van der Waals surface area contributed by atoms with E-state index in [9.17, 15) is 4.79 Å². The highest BCUT2D eigenvalue weighted by Crippen LogP contribution is 2.25. The maximum Gasteiger partial charge on any atom is 0.234 e. The molecular weight excluding hydrogens is 402 g/mol. The summed E-state index contributed by atoms with van der Waals surface area (Å²) in [5, 5.41) is 16.0. The third-order valence-electron chi connectivity index (χ3n) is 4.57. The Kier molecular flexibility index (Phi) is 5.32. The molecule has 0 aliphatic carbocycles. The Labute approximate surface area is 177 Å². The van der Waals surface area contributed by atoms with Gasteiger partial charge in [0.25, 0.3) is 0 Å². The summed E-state index contributed by atoms with van der Waals surface area (Å²) < 4.78 is 8.42. The van der Waals surface area contributed by atoms with Gasteiger partial charge in [0.05, 0.1) is 34.8 Å². The second kappa shape index (κ2) is 8.07. The second-order valence-electron chi connectivity index (χ2n) is 6.78. The summed E-state index contributed by atoms with van der Waals surface area (Å²) in [7, 11) is 0. The zero-order chi connectivity index (χ0) is 21.3. The van der Waals surface area contributed by atoms with Gasteiger partial charge in [0.2, 0.25) is 16.9 Å². The highest BCUT2D eigenvalue weighted by atomic mass is 32.2. The smallest absolute Gasteiger partial charge is 0.234 e. The van der Waals surface area contributed by atoms with Crippen LogP contribution in [0.25, 0.3) is 17.3 Å². The Morgan fingerprint density at radius 3 is 2.63 bits per heavy atom. The highest BCUT2D eigenvalue weighted by Gasteiger charge is 2.18. The molecule has 1 amide bonds. The van der Waals surface area contributed by atoms with Gasteiger partial charge in [-0.15, -0.1) is 10.2 Å². The van der Waals surface area contributed by atoms with Crippen molar-refractivity contribution in [2.75, 3.05) is 16.9 Å². The summed E-state index contributed by atoms with van der Waals surface area (Å²) in [6, 6.07) is 11.5. The number of hydrogen-bond acceptors (Lipinski definition) is 7. The number of carbonyl (C=O) groups excluding carboxylic acids is 1. The van der Waals surface area contributed by atoms with Crippen molar-refractivity contribution in [2.45, 2.75) is 25.9 Å². The lowest BCUT2D eigenvalue weighted by atomic mass is 10.2. The minimum Gasteiger partial charge on any atom is -0.461 e. The minimum absolute atomic E-state index is 0.127. The molecule has 0 aliphatic heterocycles. The molecule has 0 saturated heterocycles. The molecule has 0 aliphatic rings. The van der Waals surface area contributed by atoms with Crippen LogP contribution < -0.4 is 11.2 Å². The number of amides is 1. The molecule has 0 spiro atoms. The fourth-order valence-electron chi connectivity index (χ4n) is 3.02. The SMILES string of the molecule is Cc1ccc(-n2nc(C)c(NC(=O)CSc3nnc(-c4ccco4)n3N)c2C)cc1. The first-order valence-electron chi connectivity index (χ1n) is 9.24. The molecule has 3 heterocycles. The number of nitrogens with one attached hydrogen (secondary N) is 1. The van der Waals surface area contributed by atoms with Crippen LogP contribution in [0.4, 0.5) is 5.69 Å². The van der Waals surface area contributed by atoms with Gasteiger partial charge in [0.1, 0.15) is 0 Å². The number of nitrogens with zero attached hydrogens (tertiary/aromatic N) is 5. The normalized spacial score (nSPS) is 11.0. The standard InChI is InChI=1S/C20H21N7O2S/c1-12-6-8-15(9-7-12)27-14(3)18(13(2)25-27)22-17(28)11-30-20-24-23-19(26(20)21)16-5-4-10-29-16/h4-10H,11,21H2,1-3H3,(H,22,28). The van der Waals surface area contributed by atoms with E-state index in [0.717, 1.165) is 17.1 Å². The van der Waals surface area contributed by atoms with Crippen molar-refractivity contribution in [1.82, 2.24) is 24.7 Å². The molecule has 0 saturated carbocycles. The Balaban J connectivity index is 1.44. The number of carbonyl (C=O) groups is 1.